The molecule has 0 aromatic heterocycles. The predicted octanol–water partition coefficient (Wildman–Crippen LogP) is 4.29. The number of aromatic hydroxyl groups is 1. The first-order valence-corrected chi connectivity index (χ1v) is 10.6. The number of nitrogens with zero attached hydrogens (tertiary/aromatic N) is 1. The maximum Gasteiger partial charge on any atom is 0.335 e. The van der Waals surface area contributed by atoms with Crippen LogP contribution < -0.4 is 5.32 Å². The number of amides is 3. The second kappa shape index (κ2) is 9.02. The van der Waals surface area contributed by atoms with Crippen LogP contribution in [0.25, 0.3) is 6.08 Å². The molecule has 1 fully saturated rings. The van der Waals surface area contributed by atoms with E-state index >= 15 is 0 Å². The van der Waals surface area contributed by atoms with Gasteiger partial charge in [-0.05, 0) is 70.2 Å². The fourth-order valence-corrected chi connectivity index (χ4v) is 4.60. The number of rotatable bonds is 5. The first kappa shape index (κ1) is 22.1. The fourth-order valence-electron chi connectivity index (χ4n) is 2.51. The quantitative estimate of drug-likeness (QED) is 0.470. The first-order valence-electron chi connectivity index (χ1n) is 8.22. The second-order valence-corrected chi connectivity index (χ2v) is 8.79. The summed E-state index contributed by atoms with van der Waals surface area (Å²) in [6, 6.07) is 8.67. The van der Waals surface area contributed by atoms with Gasteiger partial charge in [-0.15, -0.1) is 0 Å². The molecule has 0 spiro atoms. The Morgan fingerprint density at radius 3 is 2.43 bits per heavy atom. The molecular formula is C19H12Br2N2O6S. The number of anilines is 1. The highest BCUT2D eigenvalue weighted by Crippen LogP contribution is 2.37. The van der Waals surface area contributed by atoms with Crippen LogP contribution in [0.15, 0.2) is 50.2 Å². The Bertz CT molecular complexity index is 1100. The van der Waals surface area contributed by atoms with Crippen LogP contribution in [0.1, 0.15) is 15.9 Å². The highest BCUT2D eigenvalue weighted by molar-refractivity contribution is 9.11. The van der Waals surface area contributed by atoms with Gasteiger partial charge in [0.05, 0.1) is 14.9 Å². The second-order valence-electron chi connectivity index (χ2n) is 6.02. The summed E-state index contributed by atoms with van der Waals surface area (Å²) in [6.07, 6.45) is 1.37. The summed E-state index contributed by atoms with van der Waals surface area (Å²) in [6.45, 7) is -0.503. The summed E-state index contributed by atoms with van der Waals surface area (Å²) >= 11 is 7.15. The zero-order valence-corrected chi connectivity index (χ0v) is 18.9. The molecule has 1 saturated heterocycles. The summed E-state index contributed by atoms with van der Waals surface area (Å²) in [5, 5.41) is 20.9. The SMILES string of the molecule is O=C(CN1C(=O)S/C(=C\c2cc(Br)cc(Br)c2O)C1=O)Nc1ccc(C(=O)O)cc1. The summed E-state index contributed by atoms with van der Waals surface area (Å²) in [7, 11) is 0. The van der Waals surface area contributed by atoms with E-state index in [1.807, 2.05) is 0 Å². The average Bonchev–Trinajstić information content (AvgIpc) is 2.93. The molecule has 0 saturated carbocycles. The average molecular weight is 556 g/mol. The minimum absolute atomic E-state index is 0.0616. The summed E-state index contributed by atoms with van der Waals surface area (Å²) < 4.78 is 1.07. The molecule has 3 rings (SSSR count). The number of halogens is 2. The van der Waals surface area contributed by atoms with E-state index in [2.05, 4.69) is 37.2 Å². The molecule has 0 bridgehead atoms. The van der Waals surface area contributed by atoms with Crippen molar-refractivity contribution < 1.29 is 29.4 Å². The number of benzene rings is 2. The van der Waals surface area contributed by atoms with E-state index < -0.39 is 29.6 Å². The number of hydrogen-bond donors (Lipinski definition) is 3. The van der Waals surface area contributed by atoms with Crippen molar-refractivity contribution in [2.45, 2.75) is 0 Å². The van der Waals surface area contributed by atoms with E-state index in [1.165, 1.54) is 30.3 Å². The van der Waals surface area contributed by atoms with Crippen molar-refractivity contribution in [3.8, 4) is 5.75 Å². The van der Waals surface area contributed by atoms with Crippen molar-refractivity contribution in [1.82, 2.24) is 4.90 Å². The number of carboxylic acid groups (broad SMARTS) is 1. The van der Waals surface area contributed by atoms with Gasteiger partial charge in [0.1, 0.15) is 12.3 Å². The van der Waals surface area contributed by atoms with Crippen molar-refractivity contribution >= 4 is 78.4 Å². The highest BCUT2D eigenvalue weighted by atomic mass is 79.9. The van der Waals surface area contributed by atoms with Crippen LogP contribution in [0.5, 0.6) is 5.75 Å². The number of thioether (sulfide) groups is 1. The van der Waals surface area contributed by atoms with Crippen LogP contribution in [0, 0.1) is 0 Å². The summed E-state index contributed by atoms with van der Waals surface area (Å²) in [5.41, 5.74) is 0.715. The number of hydrogen-bond acceptors (Lipinski definition) is 6. The minimum atomic E-state index is -1.10. The number of imide groups is 1. The molecule has 1 aliphatic heterocycles. The third-order valence-electron chi connectivity index (χ3n) is 3.94. The van der Waals surface area contributed by atoms with E-state index in [9.17, 15) is 24.3 Å². The number of carbonyl (C=O) groups is 4. The van der Waals surface area contributed by atoms with Crippen LogP contribution >= 0.6 is 43.6 Å². The molecule has 3 N–H and O–H groups in total. The number of nitrogens with one attached hydrogen (secondary N) is 1. The molecule has 2 aromatic carbocycles. The molecule has 2 aromatic rings. The van der Waals surface area contributed by atoms with E-state index in [0.29, 0.717) is 32.0 Å². The number of phenolic OH excluding ortho intramolecular Hbond substituents is 1. The smallest absolute Gasteiger partial charge is 0.335 e. The lowest BCUT2D eigenvalue weighted by Gasteiger charge is -2.12. The molecule has 1 aliphatic rings. The van der Waals surface area contributed by atoms with Gasteiger partial charge in [0.2, 0.25) is 5.91 Å². The lowest BCUT2D eigenvalue weighted by molar-refractivity contribution is -0.127. The molecule has 0 unspecified atom stereocenters. The molecule has 0 atom stereocenters. The number of aromatic carboxylic acids is 1. The van der Waals surface area contributed by atoms with Gasteiger partial charge in [-0.2, -0.15) is 0 Å². The van der Waals surface area contributed by atoms with Gasteiger partial charge in [-0.1, -0.05) is 15.9 Å². The third kappa shape index (κ3) is 4.91. The third-order valence-corrected chi connectivity index (χ3v) is 5.90. The van der Waals surface area contributed by atoms with Gasteiger partial charge in [0, 0.05) is 15.7 Å². The lowest BCUT2D eigenvalue weighted by Crippen LogP contribution is -2.36. The number of phenols is 1. The Morgan fingerprint density at radius 1 is 1.13 bits per heavy atom. The monoisotopic (exact) mass is 554 g/mol. The predicted molar refractivity (Wildman–Crippen MR) is 118 cm³/mol. The Kier molecular flexibility index (Phi) is 6.64. The number of carbonyl (C=O) groups excluding carboxylic acids is 3. The molecule has 11 heteroatoms. The molecule has 30 heavy (non-hydrogen) atoms. The lowest BCUT2D eigenvalue weighted by atomic mass is 10.2. The fraction of sp³-hybridized carbons (Fsp3) is 0.0526. The Balaban J connectivity index is 1.72. The van der Waals surface area contributed by atoms with Gasteiger partial charge in [0.25, 0.3) is 11.1 Å². The van der Waals surface area contributed by atoms with Gasteiger partial charge in [-0.3, -0.25) is 19.3 Å². The maximum atomic E-state index is 12.6. The largest absolute Gasteiger partial charge is 0.506 e. The van der Waals surface area contributed by atoms with Crippen LogP contribution in [0.3, 0.4) is 0 Å². The number of carboxylic acids is 1. The molecule has 0 aliphatic carbocycles. The van der Waals surface area contributed by atoms with E-state index in [0.717, 1.165) is 4.90 Å². The topological polar surface area (TPSA) is 124 Å². The van der Waals surface area contributed by atoms with Crippen molar-refractivity contribution in [3.05, 3.63) is 61.4 Å². The van der Waals surface area contributed by atoms with Crippen LogP contribution in [-0.2, 0) is 9.59 Å². The van der Waals surface area contributed by atoms with Crippen molar-refractivity contribution in [2.24, 2.45) is 0 Å². The molecular weight excluding hydrogens is 544 g/mol. The Labute approximate surface area is 191 Å². The van der Waals surface area contributed by atoms with Gasteiger partial charge >= 0.3 is 5.97 Å². The van der Waals surface area contributed by atoms with Gasteiger partial charge in [0.15, 0.2) is 0 Å². The maximum absolute atomic E-state index is 12.6. The van der Waals surface area contributed by atoms with Crippen LogP contribution in [-0.4, -0.2) is 44.7 Å². The molecule has 154 valence electrons. The standard InChI is InChI=1S/C19H12Br2N2O6S/c20-11-5-10(16(25)13(21)7-11)6-14-17(26)23(19(29)30-14)8-15(24)22-12-3-1-9(2-4-12)18(27)28/h1-7,25H,8H2,(H,22,24)(H,27,28)/b14-6-. The van der Waals surface area contributed by atoms with Gasteiger partial charge < -0.3 is 15.5 Å². The summed E-state index contributed by atoms with van der Waals surface area (Å²) in [4.78, 5) is 48.7. The highest BCUT2D eigenvalue weighted by Gasteiger charge is 2.36. The van der Waals surface area contributed by atoms with Crippen LogP contribution in [0.2, 0.25) is 0 Å². The van der Waals surface area contributed by atoms with Crippen molar-refractivity contribution in [1.29, 1.82) is 0 Å². The minimum Gasteiger partial charge on any atom is -0.506 e. The molecule has 8 nitrogen and oxygen atoms in total. The normalized spacial score (nSPS) is 15.0. The molecule has 3 amide bonds. The van der Waals surface area contributed by atoms with Crippen molar-refractivity contribution in [3.63, 3.8) is 0 Å². The Hall–Kier alpha value is -2.63. The molecule has 1 heterocycles. The first-order chi connectivity index (χ1) is 14.2. The van der Waals surface area contributed by atoms with Crippen LogP contribution in [0.4, 0.5) is 10.5 Å². The molecule has 0 radical (unpaired) electrons. The van der Waals surface area contributed by atoms with E-state index in [4.69, 9.17) is 5.11 Å². The Morgan fingerprint density at radius 2 is 1.80 bits per heavy atom. The van der Waals surface area contributed by atoms with Gasteiger partial charge in [-0.25, -0.2) is 4.79 Å². The summed E-state index contributed by atoms with van der Waals surface area (Å²) in [5.74, 6) is -2.46. The van der Waals surface area contributed by atoms with Crippen molar-refractivity contribution in [2.75, 3.05) is 11.9 Å². The van der Waals surface area contributed by atoms with E-state index in [-0.39, 0.29) is 16.2 Å². The zero-order chi connectivity index (χ0) is 22.0. The zero-order valence-electron chi connectivity index (χ0n) is 14.9. The van der Waals surface area contributed by atoms with E-state index in [1.54, 1.807) is 12.1 Å².